The maximum Gasteiger partial charge on any atom is 0.252 e. The summed E-state index contributed by atoms with van der Waals surface area (Å²) in [7, 11) is 0. The summed E-state index contributed by atoms with van der Waals surface area (Å²) in [6.07, 6.45) is 4.19. The highest BCUT2D eigenvalue weighted by molar-refractivity contribution is 5.94. The van der Waals surface area contributed by atoms with Crippen molar-refractivity contribution >= 4 is 11.7 Å². The summed E-state index contributed by atoms with van der Waals surface area (Å²) < 4.78 is 11.6. The molecule has 1 aromatic carbocycles. The average Bonchev–Trinajstić information content (AvgIpc) is 2.74. The molecule has 2 aliphatic heterocycles. The van der Waals surface area contributed by atoms with Crippen LogP contribution in [0.3, 0.4) is 0 Å². The molecular weight excluding hydrogens is 356 g/mol. The largest absolute Gasteiger partial charge is 0.486 e. The van der Waals surface area contributed by atoms with Gasteiger partial charge in [-0.2, -0.15) is 0 Å². The van der Waals surface area contributed by atoms with E-state index in [1.54, 1.807) is 6.20 Å². The number of pyridine rings is 1. The van der Waals surface area contributed by atoms with Gasteiger partial charge in [0.2, 0.25) is 0 Å². The number of aromatic nitrogens is 1. The first-order chi connectivity index (χ1) is 13.7. The number of carbonyl (C=O) groups is 1. The molecule has 7 heteroatoms. The fourth-order valence-corrected chi connectivity index (χ4v) is 3.49. The highest BCUT2D eigenvalue weighted by atomic mass is 16.6. The molecule has 1 amide bonds. The molecule has 1 aromatic heterocycles. The zero-order valence-corrected chi connectivity index (χ0v) is 15.8. The summed E-state index contributed by atoms with van der Waals surface area (Å²) in [5.41, 5.74) is 6.50. The number of piperidine rings is 1. The van der Waals surface area contributed by atoms with Crippen LogP contribution in [0.15, 0.2) is 42.6 Å². The van der Waals surface area contributed by atoms with Crippen LogP contribution >= 0.6 is 0 Å². The van der Waals surface area contributed by atoms with Crippen molar-refractivity contribution in [2.24, 2.45) is 5.73 Å². The van der Waals surface area contributed by atoms with E-state index < -0.39 is 0 Å². The molecule has 0 bridgehead atoms. The maximum absolute atomic E-state index is 12.4. The molecular formula is C21H26N4O3. The van der Waals surface area contributed by atoms with Crippen molar-refractivity contribution in [3.05, 3.63) is 48.2 Å². The standard InChI is InChI=1S/C21H26N4O3/c22-16-8-11-25(12-9-16)20-6-5-15(13-24-20)21(26)23-10-7-17-14-27-18-3-1-2-4-19(18)28-17/h1-6,13,16-17H,7-12,14,22H2,(H,23,26)/t17-/m0/s1. The van der Waals surface area contributed by atoms with E-state index >= 15 is 0 Å². The molecule has 1 fully saturated rings. The molecule has 148 valence electrons. The van der Waals surface area contributed by atoms with E-state index in [0.29, 0.717) is 25.1 Å². The number of anilines is 1. The molecule has 1 saturated heterocycles. The number of fused-ring (bicyclic) bond motifs is 1. The summed E-state index contributed by atoms with van der Waals surface area (Å²) in [4.78, 5) is 19.0. The van der Waals surface area contributed by atoms with Crippen LogP contribution in [0.1, 0.15) is 29.6 Å². The van der Waals surface area contributed by atoms with Crippen LogP contribution in [-0.2, 0) is 0 Å². The van der Waals surface area contributed by atoms with Gasteiger partial charge in [0, 0.05) is 38.3 Å². The third kappa shape index (κ3) is 4.36. The quantitative estimate of drug-likeness (QED) is 0.822. The van der Waals surface area contributed by atoms with E-state index in [9.17, 15) is 4.79 Å². The Bertz CT molecular complexity index is 804. The van der Waals surface area contributed by atoms with Crippen molar-refractivity contribution in [2.45, 2.75) is 31.4 Å². The molecule has 0 spiro atoms. The van der Waals surface area contributed by atoms with E-state index in [1.165, 1.54) is 0 Å². The first kappa shape index (κ1) is 18.6. The van der Waals surface area contributed by atoms with Gasteiger partial charge in [-0.15, -0.1) is 0 Å². The number of amides is 1. The number of para-hydroxylation sites is 2. The van der Waals surface area contributed by atoms with E-state index in [-0.39, 0.29) is 18.1 Å². The molecule has 4 rings (SSSR count). The molecule has 0 aliphatic carbocycles. The van der Waals surface area contributed by atoms with Crippen molar-refractivity contribution < 1.29 is 14.3 Å². The second-order valence-electron chi connectivity index (χ2n) is 7.27. The minimum atomic E-state index is -0.128. The number of rotatable bonds is 5. The molecule has 0 unspecified atom stereocenters. The molecule has 3 heterocycles. The van der Waals surface area contributed by atoms with E-state index in [4.69, 9.17) is 15.2 Å². The number of benzene rings is 1. The van der Waals surface area contributed by atoms with E-state index in [2.05, 4.69) is 15.2 Å². The number of nitrogens with zero attached hydrogens (tertiary/aromatic N) is 2. The third-order valence-electron chi connectivity index (χ3n) is 5.19. The summed E-state index contributed by atoms with van der Waals surface area (Å²) in [6.45, 7) is 2.82. The lowest BCUT2D eigenvalue weighted by atomic mass is 10.1. The van der Waals surface area contributed by atoms with Crippen molar-refractivity contribution in [1.29, 1.82) is 0 Å². The Balaban J connectivity index is 1.24. The van der Waals surface area contributed by atoms with Gasteiger partial charge in [0.05, 0.1) is 5.56 Å². The van der Waals surface area contributed by atoms with Crippen LogP contribution in [0.25, 0.3) is 0 Å². The van der Waals surface area contributed by atoms with Crippen molar-refractivity contribution in [2.75, 3.05) is 31.1 Å². The minimum absolute atomic E-state index is 0.0684. The topological polar surface area (TPSA) is 89.7 Å². The molecule has 0 radical (unpaired) electrons. The lowest BCUT2D eigenvalue weighted by molar-refractivity contribution is 0.0812. The van der Waals surface area contributed by atoms with Gasteiger partial charge in [0.1, 0.15) is 18.5 Å². The van der Waals surface area contributed by atoms with Gasteiger partial charge >= 0.3 is 0 Å². The molecule has 7 nitrogen and oxygen atoms in total. The second kappa shape index (κ2) is 8.48. The average molecular weight is 382 g/mol. The van der Waals surface area contributed by atoms with Crippen LogP contribution in [0.2, 0.25) is 0 Å². The fourth-order valence-electron chi connectivity index (χ4n) is 3.49. The Morgan fingerprint density at radius 1 is 1.18 bits per heavy atom. The van der Waals surface area contributed by atoms with Gasteiger partial charge in [0.15, 0.2) is 11.5 Å². The predicted molar refractivity (Wildman–Crippen MR) is 107 cm³/mol. The third-order valence-corrected chi connectivity index (χ3v) is 5.19. The second-order valence-corrected chi connectivity index (χ2v) is 7.27. The number of hydrogen-bond acceptors (Lipinski definition) is 6. The monoisotopic (exact) mass is 382 g/mol. The van der Waals surface area contributed by atoms with Crippen LogP contribution < -0.4 is 25.4 Å². The van der Waals surface area contributed by atoms with Gasteiger partial charge in [-0.3, -0.25) is 4.79 Å². The Kier molecular flexibility index (Phi) is 5.62. The van der Waals surface area contributed by atoms with Crippen LogP contribution in [-0.4, -0.2) is 49.3 Å². The van der Waals surface area contributed by atoms with Gasteiger partial charge in [-0.05, 0) is 37.1 Å². The molecule has 0 saturated carbocycles. The molecule has 1 atom stereocenters. The Labute approximate surface area is 164 Å². The van der Waals surface area contributed by atoms with Gasteiger partial charge in [0.25, 0.3) is 5.91 Å². The fraction of sp³-hybridized carbons (Fsp3) is 0.429. The van der Waals surface area contributed by atoms with Gasteiger partial charge in [-0.25, -0.2) is 4.98 Å². The number of carbonyl (C=O) groups excluding carboxylic acids is 1. The summed E-state index contributed by atoms with van der Waals surface area (Å²) in [5, 5.41) is 2.93. The van der Waals surface area contributed by atoms with E-state index in [0.717, 1.165) is 43.2 Å². The Hall–Kier alpha value is -2.80. The summed E-state index contributed by atoms with van der Waals surface area (Å²) in [6, 6.07) is 11.6. The van der Waals surface area contributed by atoms with E-state index in [1.807, 2.05) is 36.4 Å². The van der Waals surface area contributed by atoms with Crippen molar-refractivity contribution in [3.63, 3.8) is 0 Å². The highest BCUT2D eigenvalue weighted by Crippen LogP contribution is 2.31. The number of nitrogens with two attached hydrogens (primary N) is 1. The van der Waals surface area contributed by atoms with Crippen LogP contribution in [0.5, 0.6) is 11.5 Å². The van der Waals surface area contributed by atoms with Crippen molar-refractivity contribution in [1.82, 2.24) is 10.3 Å². The van der Waals surface area contributed by atoms with Gasteiger partial charge < -0.3 is 25.4 Å². The first-order valence-electron chi connectivity index (χ1n) is 9.82. The zero-order valence-electron chi connectivity index (χ0n) is 15.8. The molecule has 2 aromatic rings. The Morgan fingerprint density at radius 3 is 2.71 bits per heavy atom. The van der Waals surface area contributed by atoms with Crippen LogP contribution in [0.4, 0.5) is 5.82 Å². The summed E-state index contributed by atoms with van der Waals surface area (Å²) >= 11 is 0. The zero-order chi connectivity index (χ0) is 19.3. The summed E-state index contributed by atoms with van der Waals surface area (Å²) in [5.74, 6) is 2.29. The Morgan fingerprint density at radius 2 is 1.96 bits per heavy atom. The molecule has 2 aliphatic rings. The lowest BCUT2D eigenvalue weighted by Gasteiger charge is -2.31. The minimum Gasteiger partial charge on any atom is -0.486 e. The normalized spacial score (nSPS) is 19.3. The lowest BCUT2D eigenvalue weighted by Crippen LogP contribution is -2.40. The number of nitrogens with one attached hydrogen (secondary N) is 1. The first-order valence-corrected chi connectivity index (χ1v) is 9.82. The van der Waals surface area contributed by atoms with Crippen LogP contribution in [0, 0.1) is 0 Å². The smallest absolute Gasteiger partial charge is 0.252 e. The molecule has 3 N–H and O–H groups in total. The molecule has 28 heavy (non-hydrogen) atoms. The number of hydrogen-bond donors (Lipinski definition) is 2. The predicted octanol–water partition coefficient (Wildman–Crippen LogP) is 1.97. The number of ether oxygens (including phenoxy) is 2. The highest BCUT2D eigenvalue weighted by Gasteiger charge is 2.21. The SMILES string of the molecule is NC1CCN(c2ccc(C(=O)NCC[C@H]3COc4ccccc4O3)cn2)CC1. The van der Waals surface area contributed by atoms with Crippen molar-refractivity contribution in [3.8, 4) is 11.5 Å². The maximum atomic E-state index is 12.4. The van der Waals surface area contributed by atoms with Gasteiger partial charge in [-0.1, -0.05) is 12.1 Å².